The molecule has 94 valence electrons. The molecular formula is C14H28N2. The van der Waals surface area contributed by atoms with Crippen molar-refractivity contribution in [3.05, 3.63) is 0 Å². The molecule has 1 aliphatic carbocycles. The van der Waals surface area contributed by atoms with Gasteiger partial charge in [0.2, 0.25) is 0 Å². The van der Waals surface area contributed by atoms with Crippen LogP contribution in [0.3, 0.4) is 0 Å². The van der Waals surface area contributed by atoms with Crippen LogP contribution in [0.25, 0.3) is 0 Å². The third-order valence-electron chi connectivity index (χ3n) is 4.78. The summed E-state index contributed by atoms with van der Waals surface area (Å²) in [6.07, 6.45) is 5.59. The molecule has 0 bridgehead atoms. The van der Waals surface area contributed by atoms with Gasteiger partial charge in [0.25, 0.3) is 0 Å². The van der Waals surface area contributed by atoms with E-state index in [2.05, 4.69) is 31.0 Å². The fraction of sp³-hybridized carbons (Fsp3) is 1.00. The molecule has 1 aliphatic heterocycles. The van der Waals surface area contributed by atoms with Gasteiger partial charge < -0.3 is 10.2 Å². The molecular weight excluding hydrogens is 196 g/mol. The van der Waals surface area contributed by atoms with Gasteiger partial charge in [-0.1, -0.05) is 20.8 Å². The highest BCUT2D eigenvalue weighted by Gasteiger charge is 2.32. The van der Waals surface area contributed by atoms with Crippen LogP contribution in [0.15, 0.2) is 0 Å². The number of nitrogens with zero attached hydrogens (tertiary/aromatic N) is 1. The Morgan fingerprint density at radius 3 is 2.62 bits per heavy atom. The molecule has 0 spiro atoms. The van der Waals surface area contributed by atoms with E-state index in [-0.39, 0.29) is 0 Å². The van der Waals surface area contributed by atoms with E-state index >= 15 is 0 Å². The van der Waals surface area contributed by atoms with Crippen LogP contribution < -0.4 is 5.32 Å². The summed E-state index contributed by atoms with van der Waals surface area (Å²) in [6, 6.07) is 1.67. The Labute approximate surface area is 101 Å². The molecule has 2 heteroatoms. The van der Waals surface area contributed by atoms with Crippen molar-refractivity contribution in [2.45, 2.75) is 58.5 Å². The molecule has 1 saturated heterocycles. The average molecular weight is 224 g/mol. The minimum atomic E-state index is 0.796. The van der Waals surface area contributed by atoms with Gasteiger partial charge >= 0.3 is 0 Å². The topological polar surface area (TPSA) is 15.3 Å². The quantitative estimate of drug-likeness (QED) is 0.792. The Bertz CT molecular complexity index is 217. The van der Waals surface area contributed by atoms with E-state index in [9.17, 15) is 0 Å². The van der Waals surface area contributed by atoms with E-state index in [1.807, 2.05) is 0 Å². The monoisotopic (exact) mass is 224 g/mol. The van der Waals surface area contributed by atoms with Gasteiger partial charge in [-0.05, 0) is 50.6 Å². The summed E-state index contributed by atoms with van der Waals surface area (Å²) in [7, 11) is 0. The Morgan fingerprint density at radius 1 is 1.12 bits per heavy atom. The van der Waals surface area contributed by atoms with E-state index in [1.54, 1.807) is 0 Å². The predicted octanol–water partition coefficient (Wildman–Crippen LogP) is 2.49. The molecule has 16 heavy (non-hydrogen) atoms. The normalized spacial score (nSPS) is 41.4. The molecule has 4 unspecified atom stereocenters. The summed E-state index contributed by atoms with van der Waals surface area (Å²) in [6.45, 7) is 10.9. The van der Waals surface area contributed by atoms with Crippen LogP contribution in [0.2, 0.25) is 0 Å². The van der Waals surface area contributed by atoms with E-state index in [1.165, 1.54) is 38.8 Å². The Balaban J connectivity index is 1.81. The molecule has 0 radical (unpaired) electrons. The zero-order valence-electron chi connectivity index (χ0n) is 11.2. The van der Waals surface area contributed by atoms with Gasteiger partial charge in [-0.15, -0.1) is 0 Å². The standard InChI is InChI=1S/C14H28N2/c1-4-15-13-5-6-14(9-13)16-8-7-11(2)12(3)10-16/h11-15H,4-10H2,1-3H3. The van der Waals surface area contributed by atoms with E-state index in [0.717, 1.165) is 30.5 Å². The smallest absolute Gasteiger partial charge is 0.0111 e. The number of rotatable bonds is 3. The highest BCUT2D eigenvalue weighted by molar-refractivity contribution is 4.89. The van der Waals surface area contributed by atoms with Crippen LogP contribution in [0.1, 0.15) is 46.5 Å². The lowest BCUT2D eigenvalue weighted by atomic mass is 9.88. The van der Waals surface area contributed by atoms with Crippen molar-refractivity contribution in [3.63, 3.8) is 0 Å². The largest absolute Gasteiger partial charge is 0.314 e. The number of nitrogens with one attached hydrogen (secondary N) is 1. The zero-order valence-corrected chi connectivity index (χ0v) is 11.2. The molecule has 0 aromatic rings. The van der Waals surface area contributed by atoms with Gasteiger partial charge in [0.05, 0.1) is 0 Å². The van der Waals surface area contributed by atoms with Crippen LogP contribution in [0.4, 0.5) is 0 Å². The summed E-state index contributed by atoms with van der Waals surface area (Å²) in [5.41, 5.74) is 0. The highest BCUT2D eigenvalue weighted by Crippen LogP contribution is 2.30. The first-order valence-electron chi connectivity index (χ1n) is 7.18. The average Bonchev–Trinajstić information content (AvgIpc) is 2.71. The molecule has 1 heterocycles. The third-order valence-corrected chi connectivity index (χ3v) is 4.78. The summed E-state index contributed by atoms with van der Waals surface area (Å²) < 4.78 is 0. The maximum atomic E-state index is 3.61. The van der Waals surface area contributed by atoms with E-state index in [0.29, 0.717) is 0 Å². The Hall–Kier alpha value is -0.0800. The lowest BCUT2D eigenvalue weighted by Gasteiger charge is -2.39. The van der Waals surface area contributed by atoms with Crippen LogP contribution in [0, 0.1) is 11.8 Å². The third kappa shape index (κ3) is 2.78. The molecule has 2 nitrogen and oxygen atoms in total. The molecule has 4 atom stereocenters. The van der Waals surface area contributed by atoms with Gasteiger partial charge in [-0.2, -0.15) is 0 Å². The fourth-order valence-electron chi connectivity index (χ4n) is 3.39. The van der Waals surface area contributed by atoms with Crippen molar-refractivity contribution in [1.82, 2.24) is 10.2 Å². The van der Waals surface area contributed by atoms with Crippen LogP contribution in [0.5, 0.6) is 0 Å². The van der Waals surface area contributed by atoms with Gasteiger partial charge in [-0.3, -0.25) is 0 Å². The lowest BCUT2D eigenvalue weighted by Crippen LogP contribution is -2.44. The van der Waals surface area contributed by atoms with E-state index in [4.69, 9.17) is 0 Å². The summed E-state index contributed by atoms with van der Waals surface area (Å²) in [5.74, 6) is 1.83. The number of piperidine rings is 1. The van der Waals surface area contributed by atoms with Crippen molar-refractivity contribution < 1.29 is 0 Å². The molecule has 2 rings (SSSR count). The first kappa shape index (κ1) is 12.4. The van der Waals surface area contributed by atoms with Gasteiger partial charge in [0.15, 0.2) is 0 Å². The molecule has 2 aliphatic rings. The molecule has 1 saturated carbocycles. The predicted molar refractivity (Wildman–Crippen MR) is 69.6 cm³/mol. The van der Waals surface area contributed by atoms with Crippen molar-refractivity contribution in [3.8, 4) is 0 Å². The lowest BCUT2D eigenvalue weighted by molar-refractivity contribution is 0.0966. The van der Waals surface area contributed by atoms with Crippen molar-refractivity contribution >= 4 is 0 Å². The summed E-state index contributed by atoms with van der Waals surface area (Å²) in [4.78, 5) is 2.77. The number of hydrogen-bond donors (Lipinski definition) is 1. The SMILES string of the molecule is CCNC1CCC(N2CCC(C)C(C)C2)C1. The second kappa shape index (κ2) is 5.50. The first-order chi connectivity index (χ1) is 7.70. The van der Waals surface area contributed by atoms with E-state index < -0.39 is 0 Å². The molecule has 0 aromatic heterocycles. The van der Waals surface area contributed by atoms with Gasteiger partial charge in [0, 0.05) is 18.6 Å². The fourth-order valence-corrected chi connectivity index (χ4v) is 3.39. The van der Waals surface area contributed by atoms with Crippen LogP contribution in [-0.4, -0.2) is 36.6 Å². The second-order valence-corrected chi connectivity index (χ2v) is 5.96. The van der Waals surface area contributed by atoms with Gasteiger partial charge in [0.1, 0.15) is 0 Å². The maximum absolute atomic E-state index is 3.61. The van der Waals surface area contributed by atoms with Crippen molar-refractivity contribution in [2.75, 3.05) is 19.6 Å². The van der Waals surface area contributed by atoms with Crippen LogP contribution >= 0.6 is 0 Å². The van der Waals surface area contributed by atoms with Crippen molar-refractivity contribution in [2.24, 2.45) is 11.8 Å². The first-order valence-corrected chi connectivity index (χ1v) is 7.18. The molecule has 1 N–H and O–H groups in total. The molecule has 0 amide bonds. The minimum Gasteiger partial charge on any atom is -0.314 e. The minimum absolute atomic E-state index is 0.796. The number of likely N-dealkylation sites (tertiary alicyclic amines) is 1. The second-order valence-electron chi connectivity index (χ2n) is 5.96. The maximum Gasteiger partial charge on any atom is 0.0111 e. The Kier molecular flexibility index (Phi) is 4.26. The summed E-state index contributed by atoms with van der Waals surface area (Å²) >= 11 is 0. The Morgan fingerprint density at radius 2 is 1.94 bits per heavy atom. The van der Waals surface area contributed by atoms with Gasteiger partial charge in [-0.25, -0.2) is 0 Å². The zero-order chi connectivity index (χ0) is 11.5. The van der Waals surface area contributed by atoms with Crippen LogP contribution in [-0.2, 0) is 0 Å². The number of hydrogen-bond acceptors (Lipinski definition) is 2. The molecule has 0 aromatic carbocycles. The highest BCUT2D eigenvalue weighted by atomic mass is 15.2. The molecule has 2 fully saturated rings. The summed E-state index contributed by atoms with van der Waals surface area (Å²) in [5, 5.41) is 3.61. The van der Waals surface area contributed by atoms with Crippen molar-refractivity contribution in [1.29, 1.82) is 0 Å².